The van der Waals surface area contributed by atoms with Crippen LogP contribution < -0.4 is 0 Å². The van der Waals surface area contributed by atoms with Crippen LogP contribution in [-0.4, -0.2) is 45.4 Å². The van der Waals surface area contributed by atoms with Crippen LogP contribution in [0.1, 0.15) is 45.6 Å². The first kappa shape index (κ1) is 16.0. The molecule has 1 aliphatic rings. The maximum Gasteiger partial charge on any atom is 0.224 e. The second-order valence-corrected chi connectivity index (χ2v) is 6.47. The van der Waals surface area contributed by atoms with E-state index in [0.717, 1.165) is 31.6 Å². The molecule has 1 aliphatic heterocycles. The van der Waals surface area contributed by atoms with Crippen molar-refractivity contribution in [3.05, 3.63) is 18.0 Å². The molecule has 5 heteroatoms. The Labute approximate surface area is 127 Å². The quantitative estimate of drug-likeness (QED) is 0.837. The lowest BCUT2D eigenvalue weighted by atomic mass is 9.92. The van der Waals surface area contributed by atoms with Gasteiger partial charge in [-0.05, 0) is 46.1 Å². The minimum Gasteiger partial charge on any atom is -0.375 e. The fourth-order valence-corrected chi connectivity index (χ4v) is 3.05. The van der Waals surface area contributed by atoms with Crippen LogP contribution in [0.5, 0.6) is 0 Å². The average Bonchev–Trinajstić information content (AvgIpc) is 2.82. The first-order valence-electron chi connectivity index (χ1n) is 7.84. The molecule has 0 N–H and O–H groups in total. The van der Waals surface area contributed by atoms with Gasteiger partial charge in [-0.25, -0.2) is 0 Å². The number of carbonyl (C=O) groups is 1. The number of aromatic nitrogens is 2. The highest BCUT2D eigenvalue weighted by Crippen LogP contribution is 2.27. The Bertz CT molecular complexity index is 482. The van der Waals surface area contributed by atoms with E-state index in [4.69, 9.17) is 4.74 Å². The summed E-state index contributed by atoms with van der Waals surface area (Å²) in [6, 6.07) is 0.297. The summed E-state index contributed by atoms with van der Waals surface area (Å²) in [5, 5.41) is 4.23. The molecule has 1 fully saturated rings. The Kier molecular flexibility index (Phi) is 5.04. The van der Waals surface area contributed by atoms with Gasteiger partial charge in [0.05, 0.1) is 11.8 Å². The minimum atomic E-state index is -0.129. The molecule has 0 bridgehead atoms. The molecule has 1 unspecified atom stereocenters. The summed E-state index contributed by atoms with van der Waals surface area (Å²) in [7, 11) is 0. The average molecular weight is 293 g/mol. The molecule has 0 saturated carbocycles. The van der Waals surface area contributed by atoms with Gasteiger partial charge in [0.1, 0.15) is 0 Å². The van der Waals surface area contributed by atoms with Crippen molar-refractivity contribution in [1.82, 2.24) is 14.7 Å². The van der Waals surface area contributed by atoms with Crippen molar-refractivity contribution in [2.45, 2.75) is 65.1 Å². The van der Waals surface area contributed by atoms with E-state index in [9.17, 15) is 4.79 Å². The van der Waals surface area contributed by atoms with Crippen molar-refractivity contribution in [3.63, 3.8) is 0 Å². The number of nitrogens with zero attached hydrogens (tertiary/aromatic N) is 3. The molecule has 0 aromatic carbocycles. The Morgan fingerprint density at radius 3 is 2.90 bits per heavy atom. The van der Waals surface area contributed by atoms with Gasteiger partial charge in [-0.15, -0.1) is 0 Å². The van der Waals surface area contributed by atoms with E-state index < -0.39 is 0 Å². The van der Waals surface area contributed by atoms with Crippen molar-refractivity contribution in [1.29, 1.82) is 0 Å². The van der Waals surface area contributed by atoms with E-state index in [1.54, 1.807) is 0 Å². The number of aryl methyl sites for hydroxylation is 2. The summed E-state index contributed by atoms with van der Waals surface area (Å²) in [4.78, 5) is 14.5. The summed E-state index contributed by atoms with van der Waals surface area (Å²) in [6.45, 7) is 10.4. The number of hydrogen-bond donors (Lipinski definition) is 0. The zero-order valence-corrected chi connectivity index (χ0v) is 13.6. The van der Waals surface area contributed by atoms with Gasteiger partial charge >= 0.3 is 0 Å². The highest BCUT2D eigenvalue weighted by atomic mass is 16.5. The second kappa shape index (κ2) is 6.60. The maximum atomic E-state index is 12.5. The Morgan fingerprint density at radius 2 is 2.33 bits per heavy atom. The van der Waals surface area contributed by atoms with Gasteiger partial charge in [0.15, 0.2) is 0 Å². The van der Waals surface area contributed by atoms with E-state index >= 15 is 0 Å². The molecule has 5 nitrogen and oxygen atoms in total. The third kappa shape index (κ3) is 4.30. The fourth-order valence-electron chi connectivity index (χ4n) is 3.05. The van der Waals surface area contributed by atoms with Crippen LogP contribution in [0.25, 0.3) is 0 Å². The van der Waals surface area contributed by atoms with E-state index in [-0.39, 0.29) is 11.5 Å². The van der Waals surface area contributed by atoms with Crippen LogP contribution in [0.15, 0.2) is 12.4 Å². The maximum absolute atomic E-state index is 12.5. The van der Waals surface area contributed by atoms with Gasteiger partial charge < -0.3 is 9.64 Å². The number of hydrogen-bond acceptors (Lipinski definition) is 3. The molecule has 118 valence electrons. The van der Waals surface area contributed by atoms with Crippen molar-refractivity contribution >= 4 is 5.91 Å². The third-order valence-corrected chi connectivity index (χ3v) is 4.09. The number of rotatable bonds is 5. The third-order valence-electron chi connectivity index (χ3n) is 4.09. The molecule has 1 atom stereocenters. The molecule has 1 saturated heterocycles. The molecule has 0 aliphatic carbocycles. The molecule has 2 rings (SSSR count). The lowest BCUT2D eigenvalue weighted by Gasteiger charge is -2.41. The van der Waals surface area contributed by atoms with Crippen LogP contribution in [0.2, 0.25) is 0 Å². The molecule has 1 amide bonds. The van der Waals surface area contributed by atoms with Gasteiger partial charge in [-0.3, -0.25) is 9.48 Å². The van der Waals surface area contributed by atoms with Crippen molar-refractivity contribution in [2.75, 3.05) is 13.2 Å². The summed E-state index contributed by atoms with van der Waals surface area (Å²) in [5.74, 6) is 0.216. The monoisotopic (exact) mass is 293 g/mol. The van der Waals surface area contributed by atoms with Crippen LogP contribution in [-0.2, 0) is 16.1 Å². The lowest BCUT2D eigenvalue weighted by Crippen LogP contribution is -2.48. The highest BCUT2D eigenvalue weighted by molar-refractivity contribution is 5.76. The normalized spacial score (nSPS) is 21.2. The van der Waals surface area contributed by atoms with E-state index in [1.807, 2.05) is 28.9 Å². The van der Waals surface area contributed by atoms with Gasteiger partial charge in [0.25, 0.3) is 0 Å². The number of carbonyl (C=O) groups excluding carboxylic acids is 1. The van der Waals surface area contributed by atoms with Crippen LogP contribution in [0.4, 0.5) is 0 Å². The Morgan fingerprint density at radius 1 is 1.57 bits per heavy atom. The van der Waals surface area contributed by atoms with Gasteiger partial charge in [-0.2, -0.15) is 5.10 Å². The van der Waals surface area contributed by atoms with E-state index in [1.165, 1.54) is 0 Å². The van der Waals surface area contributed by atoms with Crippen LogP contribution in [0, 0.1) is 6.92 Å². The number of ether oxygens (including phenoxy) is 1. The SMILES string of the molecule is CCN(C(=O)CCn1cc(C)cn1)C1CCOC(C)(C)C1. The molecular formula is C16H27N3O2. The molecular weight excluding hydrogens is 266 g/mol. The molecule has 2 heterocycles. The largest absolute Gasteiger partial charge is 0.375 e. The van der Waals surface area contributed by atoms with Crippen molar-refractivity contribution in [2.24, 2.45) is 0 Å². The van der Waals surface area contributed by atoms with Crippen molar-refractivity contribution < 1.29 is 9.53 Å². The summed E-state index contributed by atoms with van der Waals surface area (Å²) in [5.41, 5.74) is 0.997. The van der Waals surface area contributed by atoms with Crippen LogP contribution >= 0.6 is 0 Å². The summed E-state index contributed by atoms with van der Waals surface area (Å²) in [6.07, 6.45) is 6.15. The molecule has 1 aromatic rings. The van der Waals surface area contributed by atoms with Gasteiger partial charge in [-0.1, -0.05) is 0 Å². The van der Waals surface area contributed by atoms with Gasteiger partial charge in [0, 0.05) is 38.4 Å². The smallest absolute Gasteiger partial charge is 0.224 e. The van der Waals surface area contributed by atoms with Crippen molar-refractivity contribution in [3.8, 4) is 0 Å². The molecule has 0 spiro atoms. The molecule has 1 aromatic heterocycles. The predicted octanol–water partition coefficient (Wildman–Crippen LogP) is 2.39. The summed E-state index contributed by atoms with van der Waals surface area (Å²) >= 11 is 0. The summed E-state index contributed by atoms with van der Waals surface area (Å²) < 4.78 is 7.59. The number of amides is 1. The predicted molar refractivity (Wildman–Crippen MR) is 82.0 cm³/mol. The first-order valence-corrected chi connectivity index (χ1v) is 7.84. The fraction of sp³-hybridized carbons (Fsp3) is 0.750. The molecule has 21 heavy (non-hydrogen) atoms. The Hall–Kier alpha value is -1.36. The topological polar surface area (TPSA) is 47.4 Å². The lowest BCUT2D eigenvalue weighted by molar-refractivity contribution is -0.140. The van der Waals surface area contributed by atoms with Crippen LogP contribution in [0.3, 0.4) is 0 Å². The first-order chi connectivity index (χ1) is 9.91. The standard InChI is InChI=1S/C16H27N3O2/c1-5-19(14-7-9-21-16(3,4)10-14)15(20)6-8-18-12-13(2)11-17-18/h11-12,14H,5-10H2,1-4H3. The minimum absolute atomic E-state index is 0.129. The van der Waals surface area contributed by atoms with E-state index in [2.05, 4.69) is 25.9 Å². The zero-order valence-electron chi connectivity index (χ0n) is 13.6. The van der Waals surface area contributed by atoms with E-state index in [0.29, 0.717) is 19.0 Å². The Balaban J connectivity index is 1.92. The zero-order chi connectivity index (χ0) is 15.5. The molecule has 0 radical (unpaired) electrons. The second-order valence-electron chi connectivity index (χ2n) is 6.47. The highest BCUT2D eigenvalue weighted by Gasteiger charge is 2.33. The van der Waals surface area contributed by atoms with Gasteiger partial charge in [0.2, 0.25) is 5.91 Å².